The predicted molar refractivity (Wildman–Crippen MR) is 37.8 cm³/mol. The third kappa shape index (κ3) is 1.23. The molecule has 0 aromatic rings. The summed E-state index contributed by atoms with van der Waals surface area (Å²) in [5.74, 6) is 0. The first-order valence-corrected chi connectivity index (χ1v) is 3.60. The van der Waals surface area contributed by atoms with Gasteiger partial charge < -0.3 is 9.64 Å². The molecule has 1 aliphatic heterocycles. The lowest BCUT2D eigenvalue weighted by molar-refractivity contribution is 0.121. The largest absolute Gasteiger partial charge is 0.453 e. The molecule has 10 heavy (non-hydrogen) atoms. The van der Waals surface area contributed by atoms with Crippen molar-refractivity contribution >= 4 is 6.09 Å². The van der Waals surface area contributed by atoms with Crippen molar-refractivity contribution in [2.24, 2.45) is 0 Å². The molecule has 1 atom stereocenters. The molecule has 0 spiro atoms. The molecule has 1 rings (SSSR count). The van der Waals surface area contributed by atoms with E-state index in [2.05, 4.69) is 4.74 Å². The number of carbonyl (C=O) groups is 1. The van der Waals surface area contributed by atoms with Crippen LogP contribution in [0.1, 0.15) is 19.8 Å². The Kier molecular flexibility index (Phi) is 2.14. The Morgan fingerprint density at radius 3 is 2.80 bits per heavy atom. The van der Waals surface area contributed by atoms with Gasteiger partial charge in [-0.2, -0.15) is 0 Å². The predicted octanol–water partition coefficient (Wildman–Crippen LogP) is 1.24. The molecular formula is C7H13NO2. The average Bonchev–Trinajstić information content (AvgIpc) is 2.34. The summed E-state index contributed by atoms with van der Waals surface area (Å²) in [5, 5.41) is 0. The molecule has 1 aliphatic rings. The Hall–Kier alpha value is -0.730. The molecule has 58 valence electrons. The van der Waals surface area contributed by atoms with E-state index in [1.54, 1.807) is 4.90 Å². The van der Waals surface area contributed by atoms with Gasteiger partial charge in [0, 0.05) is 12.6 Å². The number of nitrogens with zero attached hydrogens (tertiary/aromatic N) is 1. The lowest BCUT2D eigenvalue weighted by Crippen LogP contribution is -2.33. The van der Waals surface area contributed by atoms with Gasteiger partial charge in [-0.3, -0.25) is 0 Å². The van der Waals surface area contributed by atoms with Crippen LogP contribution in [0.15, 0.2) is 0 Å². The van der Waals surface area contributed by atoms with Crippen LogP contribution in [0.5, 0.6) is 0 Å². The molecule has 1 fully saturated rings. The molecule has 0 saturated carbocycles. The van der Waals surface area contributed by atoms with Crippen molar-refractivity contribution in [1.82, 2.24) is 4.90 Å². The van der Waals surface area contributed by atoms with Crippen molar-refractivity contribution in [2.45, 2.75) is 25.8 Å². The van der Waals surface area contributed by atoms with Crippen LogP contribution in [0.2, 0.25) is 0 Å². The van der Waals surface area contributed by atoms with Gasteiger partial charge in [0.2, 0.25) is 0 Å². The lowest BCUT2D eigenvalue weighted by atomic mass is 10.2. The van der Waals surface area contributed by atoms with E-state index in [1.165, 1.54) is 7.11 Å². The second kappa shape index (κ2) is 2.90. The van der Waals surface area contributed by atoms with Crippen LogP contribution >= 0.6 is 0 Å². The Morgan fingerprint density at radius 2 is 2.40 bits per heavy atom. The third-order valence-electron chi connectivity index (χ3n) is 1.96. The van der Waals surface area contributed by atoms with Crippen molar-refractivity contribution < 1.29 is 9.53 Å². The first-order chi connectivity index (χ1) is 4.75. The maximum Gasteiger partial charge on any atom is 0.409 e. The van der Waals surface area contributed by atoms with Crippen LogP contribution in [0.3, 0.4) is 0 Å². The Balaban J connectivity index is 2.46. The van der Waals surface area contributed by atoms with Gasteiger partial charge in [0.1, 0.15) is 0 Å². The third-order valence-corrected chi connectivity index (χ3v) is 1.96. The fraction of sp³-hybridized carbons (Fsp3) is 0.857. The van der Waals surface area contributed by atoms with E-state index in [4.69, 9.17) is 0 Å². The summed E-state index contributed by atoms with van der Waals surface area (Å²) >= 11 is 0. The second-order valence-corrected chi connectivity index (χ2v) is 2.65. The van der Waals surface area contributed by atoms with Gasteiger partial charge in [0.25, 0.3) is 0 Å². The Labute approximate surface area is 61.0 Å². The number of amides is 1. The number of likely N-dealkylation sites (tertiary alicyclic amines) is 1. The number of hydrogen-bond donors (Lipinski definition) is 0. The Bertz CT molecular complexity index is 136. The highest BCUT2D eigenvalue weighted by atomic mass is 16.5. The van der Waals surface area contributed by atoms with E-state index in [1.807, 2.05) is 6.92 Å². The smallest absolute Gasteiger partial charge is 0.409 e. The minimum absolute atomic E-state index is 0.190. The molecule has 1 amide bonds. The van der Waals surface area contributed by atoms with Crippen molar-refractivity contribution in [2.75, 3.05) is 13.7 Å². The van der Waals surface area contributed by atoms with Crippen molar-refractivity contribution in [3.05, 3.63) is 0 Å². The van der Waals surface area contributed by atoms with E-state index in [0.717, 1.165) is 19.4 Å². The van der Waals surface area contributed by atoms with E-state index >= 15 is 0 Å². The monoisotopic (exact) mass is 143 g/mol. The minimum atomic E-state index is -0.190. The molecule has 0 N–H and O–H groups in total. The number of hydrogen-bond acceptors (Lipinski definition) is 2. The quantitative estimate of drug-likeness (QED) is 0.510. The highest BCUT2D eigenvalue weighted by Gasteiger charge is 2.25. The van der Waals surface area contributed by atoms with E-state index in [9.17, 15) is 4.79 Å². The normalized spacial score (nSPS) is 25.0. The highest BCUT2D eigenvalue weighted by Crippen LogP contribution is 2.16. The number of methoxy groups -OCH3 is 1. The average molecular weight is 143 g/mol. The molecule has 3 nitrogen and oxygen atoms in total. The zero-order valence-corrected chi connectivity index (χ0v) is 6.46. The Morgan fingerprint density at radius 1 is 1.70 bits per heavy atom. The lowest BCUT2D eigenvalue weighted by Gasteiger charge is -2.18. The van der Waals surface area contributed by atoms with Gasteiger partial charge in [-0.25, -0.2) is 4.79 Å². The topological polar surface area (TPSA) is 29.5 Å². The summed E-state index contributed by atoms with van der Waals surface area (Å²) < 4.78 is 4.59. The zero-order chi connectivity index (χ0) is 7.56. The van der Waals surface area contributed by atoms with Gasteiger partial charge in [-0.05, 0) is 19.8 Å². The summed E-state index contributed by atoms with van der Waals surface area (Å²) in [5.41, 5.74) is 0. The molecule has 0 radical (unpaired) electrons. The first kappa shape index (κ1) is 7.38. The number of carbonyl (C=O) groups excluding carboxylic acids is 1. The van der Waals surface area contributed by atoms with E-state index < -0.39 is 0 Å². The van der Waals surface area contributed by atoms with E-state index in [0.29, 0.717) is 6.04 Å². The first-order valence-electron chi connectivity index (χ1n) is 3.60. The zero-order valence-electron chi connectivity index (χ0n) is 6.46. The molecule has 1 saturated heterocycles. The summed E-state index contributed by atoms with van der Waals surface area (Å²) in [6, 6.07) is 0.368. The van der Waals surface area contributed by atoms with Crippen LogP contribution < -0.4 is 0 Å². The molecule has 0 unspecified atom stereocenters. The van der Waals surface area contributed by atoms with Crippen molar-refractivity contribution in [3.8, 4) is 0 Å². The van der Waals surface area contributed by atoms with Gasteiger partial charge in [-0.15, -0.1) is 0 Å². The van der Waals surface area contributed by atoms with Gasteiger partial charge in [0.05, 0.1) is 7.11 Å². The van der Waals surface area contributed by atoms with Crippen molar-refractivity contribution in [3.63, 3.8) is 0 Å². The maximum absolute atomic E-state index is 10.9. The number of ether oxygens (including phenoxy) is 1. The van der Waals surface area contributed by atoms with E-state index in [-0.39, 0.29) is 6.09 Å². The SMILES string of the molecule is COC(=O)N1CCC[C@@H]1C. The molecule has 0 aliphatic carbocycles. The second-order valence-electron chi connectivity index (χ2n) is 2.65. The molecule has 0 bridgehead atoms. The van der Waals surface area contributed by atoms with Crippen LogP contribution in [0.25, 0.3) is 0 Å². The maximum atomic E-state index is 10.9. The summed E-state index contributed by atoms with van der Waals surface area (Å²) in [4.78, 5) is 12.7. The summed E-state index contributed by atoms with van der Waals surface area (Å²) in [6.45, 7) is 2.90. The highest BCUT2D eigenvalue weighted by molar-refractivity contribution is 5.68. The molecule has 3 heteroatoms. The fourth-order valence-corrected chi connectivity index (χ4v) is 1.32. The van der Waals surface area contributed by atoms with Gasteiger partial charge in [-0.1, -0.05) is 0 Å². The van der Waals surface area contributed by atoms with Crippen LogP contribution in [0.4, 0.5) is 4.79 Å². The fourth-order valence-electron chi connectivity index (χ4n) is 1.32. The standard InChI is InChI=1S/C7H13NO2/c1-6-4-3-5-8(6)7(9)10-2/h6H,3-5H2,1-2H3/t6-/m0/s1. The van der Waals surface area contributed by atoms with Gasteiger partial charge >= 0.3 is 6.09 Å². The molecular weight excluding hydrogens is 130 g/mol. The van der Waals surface area contributed by atoms with Crippen LogP contribution in [-0.2, 0) is 4.74 Å². The molecule has 0 aromatic carbocycles. The molecule has 1 heterocycles. The number of rotatable bonds is 0. The summed E-state index contributed by atoms with van der Waals surface area (Å²) in [6.07, 6.45) is 2.02. The summed E-state index contributed by atoms with van der Waals surface area (Å²) in [7, 11) is 1.42. The van der Waals surface area contributed by atoms with Crippen LogP contribution in [-0.4, -0.2) is 30.7 Å². The van der Waals surface area contributed by atoms with Gasteiger partial charge in [0.15, 0.2) is 0 Å². The minimum Gasteiger partial charge on any atom is -0.453 e. The van der Waals surface area contributed by atoms with Crippen molar-refractivity contribution in [1.29, 1.82) is 0 Å². The molecule has 0 aromatic heterocycles. The van der Waals surface area contributed by atoms with Crippen LogP contribution in [0, 0.1) is 0 Å².